The minimum Gasteiger partial charge on any atom is -0.341 e. The lowest BCUT2D eigenvalue weighted by Gasteiger charge is -2.26. The summed E-state index contributed by atoms with van der Waals surface area (Å²) in [6.45, 7) is 1.25. The highest BCUT2D eigenvalue weighted by atomic mass is 32.2. The van der Waals surface area contributed by atoms with Gasteiger partial charge in [-0.1, -0.05) is 18.2 Å². The SMILES string of the molecule is O=C(Cc1ccccc1C(F)(F)F)N1CCSCC1. The number of amides is 1. The minimum absolute atomic E-state index is 0.0539. The van der Waals surface area contributed by atoms with Gasteiger partial charge in [-0.05, 0) is 11.6 Å². The van der Waals surface area contributed by atoms with Crippen LogP contribution in [-0.2, 0) is 17.4 Å². The zero-order chi connectivity index (χ0) is 13.9. The summed E-state index contributed by atoms with van der Waals surface area (Å²) in [5.74, 6) is 1.48. The summed E-state index contributed by atoms with van der Waals surface area (Å²) in [7, 11) is 0. The maximum Gasteiger partial charge on any atom is 0.416 e. The van der Waals surface area contributed by atoms with Crippen LogP contribution in [-0.4, -0.2) is 35.4 Å². The van der Waals surface area contributed by atoms with Gasteiger partial charge in [0.1, 0.15) is 0 Å². The van der Waals surface area contributed by atoms with E-state index in [9.17, 15) is 18.0 Å². The van der Waals surface area contributed by atoms with E-state index in [4.69, 9.17) is 0 Å². The van der Waals surface area contributed by atoms with E-state index in [0.717, 1.165) is 17.6 Å². The van der Waals surface area contributed by atoms with Crippen LogP contribution in [0.2, 0.25) is 0 Å². The van der Waals surface area contributed by atoms with Gasteiger partial charge >= 0.3 is 6.18 Å². The highest BCUT2D eigenvalue weighted by Gasteiger charge is 2.33. The van der Waals surface area contributed by atoms with E-state index >= 15 is 0 Å². The number of carbonyl (C=O) groups excluding carboxylic acids is 1. The van der Waals surface area contributed by atoms with Crippen LogP contribution in [0, 0.1) is 0 Å². The first-order chi connectivity index (χ1) is 8.98. The Kier molecular flexibility index (Phi) is 4.39. The molecule has 0 bridgehead atoms. The molecule has 104 valence electrons. The van der Waals surface area contributed by atoms with Gasteiger partial charge in [-0.3, -0.25) is 4.79 Å². The number of benzene rings is 1. The van der Waals surface area contributed by atoms with E-state index in [1.165, 1.54) is 18.2 Å². The fourth-order valence-corrected chi connectivity index (χ4v) is 2.94. The molecule has 6 heteroatoms. The molecule has 0 aliphatic carbocycles. The third-order valence-corrected chi connectivity index (χ3v) is 3.97. The average Bonchev–Trinajstić information content (AvgIpc) is 2.39. The largest absolute Gasteiger partial charge is 0.416 e. The van der Waals surface area contributed by atoms with Gasteiger partial charge in [0.15, 0.2) is 0 Å². The standard InChI is InChI=1S/C13H14F3NOS/c14-13(15,16)11-4-2-1-3-10(11)9-12(18)17-5-7-19-8-6-17/h1-4H,5-9H2. The molecule has 1 aliphatic heterocycles. The van der Waals surface area contributed by atoms with Crippen LogP contribution in [0.5, 0.6) is 0 Å². The van der Waals surface area contributed by atoms with Gasteiger partial charge in [-0.2, -0.15) is 24.9 Å². The molecule has 2 rings (SSSR count). The summed E-state index contributed by atoms with van der Waals surface area (Å²) in [4.78, 5) is 13.6. The number of halogens is 3. The minimum atomic E-state index is -4.41. The van der Waals surface area contributed by atoms with Gasteiger partial charge in [0, 0.05) is 24.6 Å². The summed E-state index contributed by atoms with van der Waals surface area (Å²) in [6, 6.07) is 5.27. The Morgan fingerprint density at radius 2 is 1.84 bits per heavy atom. The van der Waals surface area contributed by atoms with E-state index in [2.05, 4.69) is 0 Å². The Balaban J connectivity index is 2.12. The summed E-state index contributed by atoms with van der Waals surface area (Å²) in [5, 5.41) is 0. The first-order valence-corrected chi connectivity index (χ1v) is 7.14. The van der Waals surface area contributed by atoms with E-state index < -0.39 is 11.7 Å². The zero-order valence-electron chi connectivity index (χ0n) is 10.2. The molecule has 0 unspecified atom stereocenters. The fourth-order valence-electron chi connectivity index (χ4n) is 2.04. The van der Waals surface area contributed by atoms with Crippen LogP contribution in [0.25, 0.3) is 0 Å². The van der Waals surface area contributed by atoms with Crippen molar-refractivity contribution < 1.29 is 18.0 Å². The van der Waals surface area contributed by atoms with Crippen molar-refractivity contribution in [1.82, 2.24) is 4.90 Å². The predicted molar refractivity (Wildman–Crippen MR) is 69.1 cm³/mol. The van der Waals surface area contributed by atoms with Crippen molar-refractivity contribution in [2.24, 2.45) is 0 Å². The molecule has 1 fully saturated rings. The Morgan fingerprint density at radius 3 is 2.47 bits per heavy atom. The molecule has 0 atom stereocenters. The van der Waals surface area contributed by atoms with Crippen LogP contribution in [0.3, 0.4) is 0 Å². The second-order valence-corrected chi connectivity index (χ2v) is 5.55. The molecule has 0 N–H and O–H groups in total. The number of carbonyl (C=O) groups is 1. The molecule has 1 aromatic carbocycles. The molecule has 0 spiro atoms. The number of thioether (sulfide) groups is 1. The van der Waals surface area contributed by atoms with Gasteiger partial charge < -0.3 is 4.90 Å². The summed E-state index contributed by atoms with van der Waals surface area (Å²) >= 11 is 1.76. The molecule has 1 heterocycles. The van der Waals surface area contributed by atoms with Crippen LogP contribution in [0.15, 0.2) is 24.3 Å². The highest BCUT2D eigenvalue weighted by molar-refractivity contribution is 7.99. The molecule has 1 saturated heterocycles. The van der Waals surface area contributed by atoms with Gasteiger partial charge in [-0.15, -0.1) is 0 Å². The molecule has 0 saturated carbocycles. The number of hydrogen-bond acceptors (Lipinski definition) is 2. The molecular weight excluding hydrogens is 275 g/mol. The summed E-state index contributed by atoms with van der Waals surface area (Å²) in [6.07, 6.45) is -4.59. The summed E-state index contributed by atoms with van der Waals surface area (Å²) in [5.41, 5.74) is -0.659. The van der Waals surface area contributed by atoms with Crippen molar-refractivity contribution in [1.29, 1.82) is 0 Å². The Hall–Kier alpha value is -1.17. The van der Waals surface area contributed by atoms with E-state index in [-0.39, 0.29) is 17.9 Å². The van der Waals surface area contributed by atoms with Crippen LogP contribution in [0.1, 0.15) is 11.1 Å². The van der Waals surface area contributed by atoms with E-state index in [0.29, 0.717) is 13.1 Å². The quantitative estimate of drug-likeness (QED) is 0.834. The maximum absolute atomic E-state index is 12.8. The lowest BCUT2D eigenvalue weighted by molar-refractivity contribution is -0.138. The third-order valence-electron chi connectivity index (χ3n) is 3.03. The maximum atomic E-state index is 12.8. The van der Waals surface area contributed by atoms with Crippen molar-refractivity contribution in [3.8, 4) is 0 Å². The van der Waals surface area contributed by atoms with Gasteiger partial charge in [0.05, 0.1) is 12.0 Å². The molecule has 1 amide bonds. The summed E-state index contributed by atoms with van der Waals surface area (Å²) < 4.78 is 38.4. The van der Waals surface area contributed by atoms with E-state index in [1.54, 1.807) is 16.7 Å². The highest BCUT2D eigenvalue weighted by Crippen LogP contribution is 2.32. The molecular formula is C13H14F3NOS. The van der Waals surface area contributed by atoms with Crippen LogP contribution >= 0.6 is 11.8 Å². The van der Waals surface area contributed by atoms with Crippen molar-refractivity contribution in [2.75, 3.05) is 24.6 Å². The molecule has 1 aliphatic rings. The molecule has 0 aromatic heterocycles. The first kappa shape index (κ1) is 14.2. The lowest BCUT2D eigenvalue weighted by Crippen LogP contribution is -2.39. The van der Waals surface area contributed by atoms with Crippen molar-refractivity contribution in [3.63, 3.8) is 0 Å². The number of hydrogen-bond donors (Lipinski definition) is 0. The van der Waals surface area contributed by atoms with Crippen LogP contribution < -0.4 is 0 Å². The van der Waals surface area contributed by atoms with Crippen molar-refractivity contribution in [2.45, 2.75) is 12.6 Å². The van der Waals surface area contributed by atoms with Crippen molar-refractivity contribution >= 4 is 17.7 Å². The van der Waals surface area contributed by atoms with E-state index in [1.807, 2.05) is 0 Å². The lowest BCUT2D eigenvalue weighted by atomic mass is 10.0. The first-order valence-electron chi connectivity index (χ1n) is 5.99. The Morgan fingerprint density at radius 1 is 1.21 bits per heavy atom. The second-order valence-electron chi connectivity index (χ2n) is 4.32. The topological polar surface area (TPSA) is 20.3 Å². The number of alkyl halides is 3. The number of nitrogens with zero attached hydrogens (tertiary/aromatic N) is 1. The van der Waals surface area contributed by atoms with Crippen molar-refractivity contribution in [3.05, 3.63) is 35.4 Å². The molecule has 19 heavy (non-hydrogen) atoms. The predicted octanol–water partition coefficient (Wildman–Crippen LogP) is 2.82. The third kappa shape index (κ3) is 3.65. The van der Waals surface area contributed by atoms with Crippen LogP contribution in [0.4, 0.5) is 13.2 Å². The second kappa shape index (κ2) is 5.86. The molecule has 2 nitrogen and oxygen atoms in total. The normalized spacial score (nSPS) is 16.5. The van der Waals surface area contributed by atoms with Gasteiger partial charge in [-0.25, -0.2) is 0 Å². The Labute approximate surface area is 114 Å². The smallest absolute Gasteiger partial charge is 0.341 e. The molecule has 0 radical (unpaired) electrons. The van der Waals surface area contributed by atoms with Gasteiger partial charge in [0.2, 0.25) is 5.91 Å². The average molecular weight is 289 g/mol. The Bertz CT molecular complexity index is 455. The monoisotopic (exact) mass is 289 g/mol. The molecule has 1 aromatic rings. The fraction of sp³-hybridized carbons (Fsp3) is 0.462. The number of rotatable bonds is 2. The zero-order valence-corrected chi connectivity index (χ0v) is 11.1. The van der Waals surface area contributed by atoms with Gasteiger partial charge in [0.25, 0.3) is 0 Å².